The number of fused-ring (bicyclic) bond motifs is 1. The largest absolute Gasteiger partial charge is 0.416 e. The lowest BCUT2D eigenvalue weighted by Gasteiger charge is -2.36. The Morgan fingerprint density at radius 2 is 1.70 bits per heavy atom. The van der Waals surface area contributed by atoms with Crippen molar-refractivity contribution in [3.8, 4) is 0 Å². The lowest BCUT2D eigenvalue weighted by atomic mass is 9.74. The highest BCUT2D eigenvalue weighted by molar-refractivity contribution is 5.76. The average molecular weight is 285 g/mol. The van der Waals surface area contributed by atoms with Gasteiger partial charge in [0, 0.05) is 11.0 Å². The van der Waals surface area contributed by atoms with E-state index in [1.807, 2.05) is 27.7 Å². The molecule has 20 heavy (non-hydrogen) atoms. The molecule has 0 unspecified atom stereocenters. The maximum Gasteiger partial charge on any atom is 0.416 e. The summed E-state index contributed by atoms with van der Waals surface area (Å²) in [6.45, 7) is 7.55. The fourth-order valence-corrected chi connectivity index (χ4v) is 1.79. The van der Waals surface area contributed by atoms with Gasteiger partial charge in [-0.2, -0.15) is 13.2 Å². The topological polar surface area (TPSA) is 54.7 Å². The van der Waals surface area contributed by atoms with Gasteiger partial charge in [0.2, 0.25) is 0 Å². The van der Waals surface area contributed by atoms with Gasteiger partial charge in [-0.05, 0) is 32.0 Å². The molecule has 0 bridgehead atoms. The molecule has 1 aromatic heterocycles. The van der Waals surface area contributed by atoms with Crippen LogP contribution in [0.4, 0.5) is 13.2 Å². The van der Waals surface area contributed by atoms with Gasteiger partial charge in [0.15, 0.2) is 0 Å². The Hall–Kier alpha value is -1.56. The molecule has 0 aliphatic heterocycles. The third-order valence-corrected chi connectivity index (χ3v) is 4.01. The molecule has 0 atom stereocenters. The number of alkyl halides is 3. The molecule has 6 heteroatoms. The van der Waals surface area contributed by atoms with Gasteiger partial charge in [0.1, 0.15) is 5.82 Å². The van der Waals surface area contributed by atoms with E-state index >= 15 is 0 Å². The Kier molecular flexibility index (Phi) is 3.13. The number of nitrogens with zero attached hydrogens (tertiary/aromatic N) is 1. The molecule has 2 aromatic rings. The molecule has 2 rings (SSSR count). The van der Waals surface area contributed by atoms with Crippen LogP contribution in [-0.2, 0) is 11.6 Å². The van der Waals surface area contributed by atoms with E-state index in [9.17, 15) is 13.2 Å². The average Bonchev–Trinajstić information content (AvgIpc) is 2.68. The molecule has 1 aromatic carbocycles. The van der Waals surface area contributed by atoms with Crippen molar-refractivity contribution >= 4 is 11.0 Å². The van der Waals surface area contributed by atoms with Crippen LogP contribution in [-0.4, -0.2) is 15.5 Å². The molecule has 0 fully saturated rings. The number of rotatable bonds is 2. The third-order valence-electron chi connectivity index (χ3n) is 4.01. The summed E-state index contributed by atoms with van der Waals surface area (Å²) in [5.74, 6) is 0.583. The van der Waals surface area contributed by atoms with Gasteiger partial charge in [-0.25, -0.2) is 4.98 Å². The predicted octanol–water partition coefficient (Wildman–Crippen LogP) is 3.60. The van der Waals surface area contributed by atoms with Gasteiger partial charge >= 0.3 is 6.18 Å². The molecule has 0 saturated carbocycles. The van der Waals surface area contributed by atoms with Crippen LogP contribution in [0.2, 0.25) is 0 Å². The van der Waals surface area contributed by atoms with Crippen LogP contribution in [0.15, 0.2) is 18.2 Å². The standard InChI is InChI=1S/C14H18F3N3/c1-12(2,13(3,4)18)11-19-9-6-5-8(14(15,16)17)7-10(9)20-11/h5-7H,18H2,1-4H3,(H,19,20). The van der Waals surface area contributed by atoms with Crippen molar-refractivity contribution in [2.75, 3.05) is 0 Å². The highest BCUT2D eigenvalue weighted by Gasteiger charge is 2.38. The minimum Gasteiger partial charge on any atom is -0.341 e. The minimum atomic E-state index is -4.36. The Morgan fingerprint density at radius 1 is 1.10 bits per heavy atom. The summed E-state index contributed by atoms with van der Waals surface area (Å²) in [4.78, 5) is 7.33. The number of nitrogens with two attached hydrogens (primary N) is 1. The number of benzene rings is 1. The quantitative estimate of drug-likeness (QED) is 0.885. The summed E-state index contributed by atoms with van der Waals surface area (Å²) >= 11 is 0. The van der Waals surface area contributed by atoms with Crippen molar-refractivity contribution in [1.82, 2.24) is 9.97 Å². The SMILES string of the molecule is CC(C)(N)C(C)(C)c1nc2ccc(C(F)(F)F)cc2[nH]1. The van der Waals surface area contributed by atoms with Gasteiger partial charge in [0.25, 0.3) is 0 Å². The van der Waals surface area contributed by atoms with Crippen LogP contribution in [0.1, 0.15) is 39.1 Å². The first-order chi connectivity index (χ1) is 8.93. The Labute approximate surface area is 115 Å². The van der Waals surface area contributed by atoms with Crippen LogP contribution in [0, 0.1) is 0 Å². The van der Waals surface area contributed by atoms with Crippen molar-refractivity contribution in [3.63, 3.8) is 0 Å². The Bertz CT molecular complexity index is 633. The Morgan fingerprint density at radius 3 is 2.20 bits per heavy atom. The van der Waals surface area contributed by atoms with Gasteiger partial charge < -0.3 is 10.7 Å². The number of nitrogens with one attached hydrogen (secondary N) is 1. The summed E-state index contributed by atoms with van der Waals surface area (Å²) in [5.41, 5.74) is 5.25. The fraction of sp³-hybridized carbons (Fsp3) is 0.500. The number of hydrogen-bond acceptors (Lipinski definition) is 2. The highest BCUT2D eigenvalue weighted by atomic mass is 19.4. The lowest BCUT2D eigenvalue weighted by Crippen LogP contribution is -2.50. The first kappa shape index (κ1) is 14.8. The lowest BCUT2D eigenvalue weighted by molar-refractivity contribution is -0.137. The van der Waals surface area contributed by atoms with E-state index in [0.29, 0.717) is 16.9 Å². The van der Waals surface area contributed by atoms with Crippen molar-refractivity contribution in [1.29, 1.82) is 0 Å². The maximum absolute atomic E-state index is 12.7. The van der Waals surface area contributed by atoms with E-state index in [-0.39, 0.29) is 0 Å². The van der Waals surface area contributed by atoms with E-state index in [1.165, 1.54) is 6.07 Å². The monoisotopic (exact) mass is 285 g/mol. The molecule has 0 spiro atoms. The third kappa shape index (κ3) is 2.40. The second-order valence-electron chi connectivity index (χ2n) is 6.16. The zero-order valence-corrected chi connectivity index (χ0v) is 11.9. The second-order valence-corrected chi connectivity index (χ2v) is 6.16. The van der Waals surface area contributed by atoms with Crippen molar-refractivity contribution < 1.29 is 13.2 Å². The van der Waals surface area contributed by atoms with E-state index in [2.05, 4.69) is 9.97 Å². The van der Waals surface area contributed by atoms with Crippen molar-refractivity contribution in [2.45, 2.75) is 44.8 Å². The maximum atomic E-state index is 12.7. The smallest absolute Gasteiger partial charge is 0.341 e. The zero-order chi connectivity index (χ0) is 15.3. The van der Waals surface area contributed by atoms with Crippen molar-refractivity contribution in [3.05, 3.63) is 29.6 Å². The molecule has 3 nitrogen and oxygen atoms in total. The number of aromatic nitrogens is 2. The molecule has 0 radical (unpaired) electrons. The Balaban J connectivity index is 2.55. The molecule has 0 amide bonds. The van der Waals surface area contributed by atoms with E-state index in [0.717, 1.165) is 12.1 Å². The first-order valence-electron chi connectivity index (χ1n) is 6.29. The number of aromatic amines is 1. The van der Waals surface area contributed by atoms with E-state index in [4.69, 9.17) is 5.73 Å². The molecule has 1 heterocycles. The molecular weight excluding hydrogens is 267 g/mol. The summed E-state index contributed by atoms with van der Waals surface area (Å²) in [5, 5.41) is 0. The minimum absolute atomic E-state index is 0.368. The number of H-pyrrole nitrogens is 1. The number of halogens is 3. The first-order valence-corrected chi connectivity index (χ1v) is 6.29. The molecule has 3 N–H and O–H groups in total. The van der Waals surface area contributed by atoms with Gasteiger partial charge in [0.05, 0.1) is 16.6 Å². The summed E-state index contributed by atoms with van der Waals surface area (Å²) < 4.78 is 38.1. The predicted molar refractivity (Wildman–Crippen MR) is 72.4 cm³/mol. The van der Waals surface area contributed by atoms with E-state index < -0.39 is 22.7 Å². The van der Waals surface area contributed by atoms with Crippen LogP contribution in [0.5, 0.6) is 0 Å². The van der Waals surface area contributed by atoms with Gasteiger partial charge in [-0.1, -0.05) is 13.8 Å². The fourth-order valence-electron chi connectivity index (χ4n) is 1.79. The van der Waals surface area contributed by atoms with E-state index in [1.54, 1.807) is 0 Å². The van der Waals surface area contributed by atoms with Gasteiger partial charge in [-0.3, -0.25) is 0 Å². The summed E-state index contributed by atoms with van der Waals surface area (Å²) in [6, 6.07) is 3.48. The normalized spacial score (nSPS) is 14.0. The molecule has 0 aliphatic rings. The summed E-state index contributed by atoms with van der Waals surface area (Å²) in [6.07, 6.45) is -4.36. The number of imidazole rings is 1. The van der Waals surface area contributed by atoms with Crippen LogP contribution < -0.4 is 5.73 Å². The number of hydrogen-bond donors (Lipinski definition) is 2. The van der Waals surface area contributed by atoms with Crippen molar-refractivity contribution in [2.24, 2.45) is 5.73 Å². The van der Waals surface area contributed by atoms with Crippen LogP contribution in [0.25, 0.3) is 11.0 Å². The van der Waals surface area contributed by atoms with Crippen LogP contribution in [0.3, 0.4) is 0 Å². The summed E-state index contributed by atoms with van der Waals surface area (Å²) in [7, 11) is 0. The van der Waals surface area contributed by atoms with Crippen LogP contribution >= 0.6 is 0 Å². The zero-order valence-electron chi connectivity index (χ0n) is 11.9. The van der Waals surface area contributed by atoms with Gasteiger partial charge in [-0.15, -0.1) is 0 Å². The molecule has 110 valence electrons. The molecule has 0 aliphatic carbocycles. The highest BCUT2D eigenvalue weighted by Crippen LogP contribution is 2.34. The molecular formula is C14H18F3N3. The molecule has 0 saturated heterocycles. The second kappa shape index (κ2) is 4.22.